The van der Waals surface area contributed by atoms with Crippen LogP contribution in [0.4, 0.5) is 0 Å². The van der Waals surface area contributed by atoms with Gasteiger partial charge in [0.1, 0.15) is 0 Å². The second-order valence-corrected chi connectivity index (χ2v) is 5.63. The van der Waals surface area contributed by atoms with Crippen LogP contribution in [0.25, 0.3) is 0 Å². The predicted molar refractivity (Wildman–Crippen MR) is 82.1 cm³/mol. The number of imide groups is 1. The van der Waals surface area contributed by atoms with Gasteiger partial charge in [0.25, 0.3) is 0 Å². The number of rotatable bonds is 3. The molecule has 0 spiro atoms. The number of esters is 2. The number of methoxy groups -OCH3 is 2. The maximum atomic E-state index is 12.3. The van der Waals surface area contributed by atoms with Crippen LogP contribution in [0.15, 0.2) is 22.5 Å². The Kier molecular flexibility index (Phi) is 5.06. The topological polar surface area (TPSA) is 102 Å². The number of allylic oxidation sites excluding steroid dienone is 2. The molecule has 0 aliphatic carbocycles. The summed E-state index contributed by atoms with van der Waals surface area (Å²) < 4.78 is 9.59. The molecule has 130 valence electrons. The summed E-state index contributed by atoms with van der Waals surface area (Å²) in [5, 5.41) is 2.96. The van der Waals surface area contributed by atoms with E-state index in [1.54, 1.807) is 13.8 Å². The molecule has 0 bridgehead atoms. The summed E-state index contributed by atoms with van der Waals surface area (Å²) in [5.74, 6) is -1.98. The summed E-state index contributed by atoms with van der Waals surface area (Å²) in [5.41, 5.74) is 1.35. The van der Waals surface area contributed by atoms with Gasteiger partial charge in [-0.25, -0.2) is 9.59 Å². The zero-order chi connectivity index (χ0) is 18.0. The van der Waals surface area contributed by atoms with Gasteiger partial charge in [-0.05, 0) is 13.8 Å². The number of amides is 2. The van der Waals surface area contributed by atoms with Crippen LogP contribution in [-0.4, -0.2) is 48.9 Å². The molecule has 0 radical (unpaired) electrons. The lowest BCUT2D eigenvalue weighted by Gasteiger charge is -2.27. The molecule has 0 unspecified atom stereocenters. The maximum absolute atomic E-state index is 12.3. The van der Waals surface area contributed by atoms with Crippen molar-refractivity contribution in [2.24, 2.45) is 0 Å². The average molecular weight is 336 g/mol. The van der Waals surface area contributed by atoms with Gasteiger partial charge in [0.05, 0.1) is 31.4 Å². The SMILES string of the molecule is COC(=O)C1=C(C)NC(C)=C(C(=O)OC)[C@@H](N2C(=O)CCC2=O)C1. The van der Waals surface area contributed by atoms with Crippen LogP contribution in [0.2, 0.25) is 0 Å². The van der Waals surface area contributed by atoms with Gasteiger partial charge >= 0.3 is 11.9 Å². The molecule has 0 aromatic heterocycles. The van der Waals surface area contributed by atoms with E-state index in [4.69, 9.17) is 9.47 Å². The molecule has 8 heteroatoms. The Morgan fingerprint density at radius 1 is 1.00 bits per heavy atom. The Labute approximate surface area is 139 Å². The molecular weight excluding hydrogens is 316 g/mol. The maximum Gasteiger partial charge on any atom is 0.337 e. The first-order valence-electron chi connectivity index (χ1n) is 7.50. The van der Waals surface area contributed by atoms with Crippen molar-refractivity contribution in [3.8, 4) is 0 Å². The van der Waals surface area contributed by atoms with Crippen molar-refractivity contribution in [2.75, 3.05) is 14.2 Å². The predicted octanol–water partition coefficient (Wildman–Crippen LogP) is 0.391. The Hall–Kier alpha value is -2.64. The molecule has 2 aliphatic rings. The summed E-state index contributed by atoms with van der Waals surface area (Å²) in [6, 6.07) is -0.904. The van der Waals surface area contributed by atoms with E-state index in [9.17, 15) is 19.2 Å². The Bertz CT molecular complexity index is 660. The normalized spacial score (nSPS) is 21.7. The first-order valence-corrected chi connectivity index (χ1v) is 7.50. The van der Waals surface area contributed by atoms with E-state index >= 15 is 0 Å². The van der Waals surface area contributed by atoms with E-state index in [1.165, 1.54) is 14.2 Å². The number of nitrogens with one attached hydrogen (secondary N) is 1. The monoisotopic (exact) mass is 336 g/mol. The zero-order valence-corrected chi connectivity index (χ0v) is 14.1. The lowest BCUT2D eigenvalue weighted by molar-refractivity contribution is -0.143. The number of carbonyl (C=O) groups excluding carboxylic acids is 4. The van der Waals surface area contributed by atoms with Gasteiger partial charge in [0.2, 0.25) is 11.8 Å². The van der Waals surface area contributed by atoms with Gasteiger partial charge in [-0.1, -0.05) is 0 Å². The third-order valence-corrected chi connectivity index (χ3v) is 4.20. The van der Waals surface area contributed by atoms with Crippen molar-refractivity contribution in [2.45, 2.75) is 39.2 Å². The second-order valence-electron chi connectivity index (χ2n) is 5.63. The number of likely N-dealkylation sites (tertiary alicyclic amines) is 1. The van der Waals surface area contributed by atoms with Gasteiger partial charge in [-0.2, -0.15) is 0 Å². The number of hydrogen-bond acceptors (Lipinski definition) is 7. The van der Waals surface area contributed by atoms with Crippen molar-refractivity contribution in [1.82, 2.24) is 10.2 Å². The van der Waals surface area contributed by atoms with Gasteiger partial charge in [0, 0.05) is 30.7 Å². The van der Waals surface area contributed by atoms with E-state index in [2.05, 4.69) is 5.32 Å². The highest BCUT2D eigenvalue weighted by Gasteiger charge is 2.42. The first kappa shape index (κ1) is 17.7. The lowest BCUT2D eigenvalue weighted by Crippen LogP contribution is -2.43. The fourth-order valence-corrected chi connectivity index (χ4v) is 3.04. The highest BCUT2D eigenvalue weighted by atomic mass is 16.5. The third kappa shape index (κ3) is 3.04. The van der Waals surface area contributed by atoms with Crippen molar-refractivity contribution in [1.29, 1.82) is 0 Å². The van der Waals surface area contributed by atoms with E-state index in [0.717, 1.165) is 4.90 Å². The molecule has 2 amide bonds. The minimum absolute atomic E-state index is 0.00917. The number of ether oxygens (including phenoxy) is 2. The van der Waals surface area contributed by atoms with Crippen molar-refractivity contribution < 1.29 is 28.7 Å². The number of carbonyl (C=O) groups is 4. The van der Waals surface area contributed by atoms with Crippen LogP contribution in [0.5, 0.6) is 0 Å². The number of nitrogens with zero attached hydrogens (tertiary/aromatic N) is 1. The van der Waals surface area contributed by atoms with Gasteiger partial charge in [-0.15, -0.1) is 0 Å². The number of hydrogen-bond donors (Lipinski definition) is 1. The first-order chi connectivity index (χ1) is 11.3. The fraction of sp³-hybridized carbons (Fsp3) is 0.500. The fourth-order valence-electron chi connectivity index (χ4n) is 3.04. The van der Waals surface area contributed by atoms with Crippen molar-refractivity contribution >= 4 is 23.8 Å². The summed E-state index contributed by atoms with van der Waals surface area (Å²) >= 11 is 0. The smallest absolute Gasteiger partial charge is 0.337 e. The summed E-state index contributed by atoms with van der Waals surface area (Å²) in [6.45, 7) is 3.30. The molecule has 1 saturated heterocycles. The summed E-state index contributed by atoms with van der Waals surface area (Å²) in [6.07, 6.45) is 0.170. The molecule has 2 heterocycles. The molecule has 24 heavy (non-hydrogen) atoms. The van der Waals surface area contributed by atoms with E-state index in [0.29, 0.717) is 11.4 Å². The third-order valence-electron chi connectivity index (χ3n) is 4.20. The Morgan fingerprint density at radius 2 is 1.54 bits per heavy atom. The van der Waals surface area contributed by atoms with E-state index < -0.39 is 18.0 Å². The van der Waals surface area contributed by atoms with Crippen molar-refractivity contribution in [3.05, 3.63) is 22.5 Å². The molecule has 2 aliphatic heterocycles. The molecule has 8 nitrogen and oxygen atoms in total. The molecule has 2 rings (SSSR count). The highest BCUT2D eigenvalue weighted by Crippen LogP contribution is 2.31. The zero-order valence-electron chi connectivity index (χ0n) is 14.1. The molecule has 0 aromatic rings. The van der Waals surface area contributed by atoms with Gasteiger partial charge < -0.3 is 14.8 Å². The quantitative estimate of drug-likeness (QED) is 0.587. The second kappa shape index (κ2) is 6.86. The Morgan fingerprint density at radius 3 is 2.04 bits per heavy atom. The molecular formula is C16H20N2O6. The summed E-state index contributed by atoms with van der Waals surface area (Å²) in [7, 11) is 2.47. The van der Waals surface area contributed by atoms with Crippen molar-refractivity contribution in [3.63, 3.8) is 0 Å². The average Bonchev–Trinajstić information content (AvgIpc) is 2.81. The molecule has 0 aromatic carbocycles. The molecule has 1 atom stereocenters. The van der Waals surface area contributed by atoms with E-state index in [1.807, 2.05) is 0 Å². The standard InChI is InChI=1S/C16H20N2O6/c1-8-10(15(21)23-3)7-11(18-12(19)5-6-13(18)20)14(9(2)17-8)16(22)24-4/h11,17H,5-7H2,1-4H3/t11-/m0/s1. The summed E-state index contributed by atoms with van der Waals surface area (Å²) in [4.78, 5) is 49.7. The highest BCUT2D eigenvalue weighted by molar-refractivity contribution is 6.04. The minimum atomic E-state index is -0.904. The van der Waals surface area contributed by atoms with Crippen LogP contribution in [0.3, 0.4) is 0 Å². The molecule has 0 saturated carbocycles. The molecule has 1 fully saturated rings. The largest absolute Gasteiger partial charge is 0.466 e. The minimum Gasteiger partial charge on any atom is -0.466 e. The Balaban J connectivity index is 2.56. The molecule has 1 N–H and O–H groups in total. The van der Waals surface area contributed by atoms with Crippen LogP contribution in [0, 0.1) is 0 Å². The van der Waals surface area contributed by atoms with Crippen LogP contribution < -0.4 is 5.32 Å². The van der Waals surface area contributed by atoms with Gasteiger partial charge in [0.15, 0.2) is 0 Å². The van der Waals surface area contributed by atoms with Crippen LogP contribution in [0.1, 0.15) is 33.1 Å². The van der Waals surface area contributed by atoms with Gasteiger partial charge in [-0.3, -0.25) is 14.5 Å². The van der Waals surface area contributed by atoms with Crippen LogP contribution >= 0.6 is 0 Å². The van der Waals surface area contributed by atoms with Crippen LogP contribution in [-0.2, 0) is 28.7 Å². The van der Waals surface area contributed by atoms with E-state index in [-0.39, 0.29) is 42.2 Å². The lowest BCUT2D eigenvalue weighted by atomic mass is 9.96.